The molecule has 2 N–H and O–H groups in total. The lowest BCUT2D eigenvalue weighted by molar-refractivity contribution is -0.155. The van der Waals surface area contributed by atoms with E-state index < -0.39 is 12.1 Å². The van der Waals surface area contributed by atoms with E-state index >= 15 is 0 Å². The SMILES string of the molecule is COc1ccc(CC(=O)Nc2ccc([C@@H](O)[C@H]3COCC(=O)N3Cc3ccc(OC)cc3)cc2)cc1. The Hall–Kier alpha value is -3.88. The molecule has 1 aliphatic rings. The van der Waals surface area contributed by atoms with E-state index in [1.165, 1.54) is 0 Å². The number of nitrogens with zero attached hydrogens (tertiary/aromatic N) is 1. The first-order valence-electron chi connectivity index (χ1n) is 11.7. The lowest BCUT2D eigenvalue weighted by Gasteiger charge is -2.38. The van der Waals surface area contributed by atoms with Crippen molar-refractivity contribution in [2.45, 2.75) is 25.1 Å². The predicted molar refractivity (Wildman–Crippen MR) is 135 cm³/mol. The highest BCUT2D eigenvalue weighted by molar-refractivity contribution is 5.92. The summed E-state index contributed by atoms with van der Waals surface area (Å²) in [6.07, 6.45) is -0.715. The van der Waals surface area contributed by atoms with Crippen LogP contribution in [0, 0.1) is 0 Å². The van der Waals surface area contributed by atoms with E-state index in [4.69, 9.17) is 14.2 Å². The highest BCUT2D eigenvalue weighted by Crippen LogP contribution is 2.27. The third-order valence-corrected chi connectivity index (χ3v) is 6.17. The maximum atomic E-state index is 12.6. The van der Waals surface area contributed by atoms with Gasteiger partial charge in [-0.1, -0.05) is 36.4 Å². The van der Waals surface area contributed by atoms with Crippen LogP contribution in [-0.4, -0.2) is 55.3 Å². The molecule has 1 fully saturated rings. The standard InChI is InChI=1S/C28H30N2O6/c1-34-23-11-3-19(4-12-23)15-26(31)29-22-9-7-21(8-10-22)28(33)25-17-36-18-27(32)30(25)16-20-5-13-24(35-2)14-6-20/h3-14,25,28,33H,15-18H2,1-2H3,(H,29,31)/t25-,28-/m1/s1. The van der Waals surface area contributed by atoms with Gasteiger partial charge in [0.15, 0.2) is 0 Å². The molecule has 1 saturated heterocycles. The van der Waals surface area contributed by atoms with Gasteiger partial charge in [-0.25, -0.2) is 0 Å². The van der Waals surface area contributed by atoms with Crippen LogP contribution in [0.4, 0.5) is 5.69 Å². The van der Waals surface area contributed by atoms with Crippen molar-refractivity contribution in [3.63, 3.8) is 0 Å². The van der Waals surface area contributed by atoms with Crippen LogP contribution in [0.1, 0.15) is 22.8 Å². The van der Waals surface area contributed by atoms with Crippen LogP contribution in [0.2, 0.25) is 0 Å². The molecule has 0 spiro atoms. The number of methoxy groups -OCH3 is 2. The number of rotatable bonds is 9. The number of nitrogens with one attached hydrogen (secondary N) is 1. The number of hydrogen-bond donors (Lipinski definition) is 2. The van der Waals surface area contributed by atoms with E-state index in [1.807, 2.05) is 48.5 Å². The Balaban J connectivity index is 1.39. The summed E-state index contributed by atoms with van der Waals surface area (Å²) in [5.41, 5.74) is 3.05. The number of anilines is 1. The Kier molecular flexibility index (Phi) is 8.20. The number of ether oxygens (including phenoxy) is 3. The van der Waals surface area contributed by atoms with Gasteiger partial charge in [0.25, 0.3) is 0 Å². The van der Waals surface area contributed by atoms with Gasteiger partial charge in [-0.15, -0.1) is 0 Å². The average molecular weight is 491 g/mol. The number of amides is 2. The van der Waals surface area contributed by atoms with Crippen LogP contribution in [0.5, 0.6) is 11.5 Å². The molecule has 0 saturated carbocycles. The van der Waals surface area contributed by atoms with Gasteiger partial charge < -0.3 is 29.5 Å². The summed E-state index contributed by atoms with van der Waals surface area (Å²) in [7, 11) is 3.20. The molecule has 36 heavy (non-hydrogen) atoms. The van der Waals surface area contributed by atoms with Crippen molar-refractivity contribution in [1.29, 1.82) is 0 Å². The molecular formula is C28H30N2O6. The zero-order chi connectivity index (χ0) is 25.5. The van der Waals surface area contributed by atoms with Gasteiger partial charge in [0.05, 0.1) is 33.3 Å². The first kappa shape index (κ1) is 25.2. The Bertz CT molecular complexity index is 1160. The molecule has 0 aromatic heterocycles. The topological polar surface area (TPSA) is 97.3 Å². The normalized spacial score (nSPS) is 16.4. The molecule has 3 aromatic rings. The van der Waals surface area contributed by atoms with Gasteiger partial charge >= 0.3 is 0 Å². The van der Waals surface area contributed by atoms with Crippen LogP contribution in [-0.2, 0) is 27.3 Å². The Morgan fingerprint density at radius 1 is 0.972 bits per heavy atom. The van der Waals surface area contributed by atoms with Crippen molar-refractivity contribution in [3.8, 4) is 11.5 Å². The minimum absolute atomic E-state index is 0.0153. The van der Waals surface area contributed by atoms with E-state index in [2.05, 4.69) is 5.32 Å². The van der Waals surface area contributed by atoms with Gasteiger partial charge in [-0.05, 0) is 53.1 Å². The number of morpholine rings is 1. The molecule has 2 atom stereocenters. The number of hydrogen-bond acceptors (Lipinski definition) is 6. The van der Waals surface area contributed by atoms with Gasteiger partial charge in [0.1, 0.15) is 24.2 Å². The second-order valence-electron chi connectivity index (χ2n) is 8.59. The Morgan fingerprint density at radius 2 is 1.56 bits per heavy atom. The van der Waals surface area contributed by atoms with Crippen LogP contribution < -0.4 is 14.8 Å². The third-order valence-electron chi connectivity index (χ3n) is 6.17. The molecule has 8 heteroatoms. The largest absolute Gasteiger partial charge is 0.497 e. The monoisotopic (exact) mass is 490 g/mol. The van der Waals surface area contributed by atoms with Gasteiger partial charge in [-0.3, -0.25) is 9.59 Å². The Labute approximate surface area is 210 Å². The fourth-order valence-corrected chi connectivity index (χ4v) is 4.14. The van der Waals surface area contributed by atoms with E-state index in [1.54, 1.807) is 43.4 Å². The number of carbonyl (C=O) groups excluding carboxylic acids is 2. The van der Waals surface area contributed by atoms with Crippen molar-refractivity contribution in [1.82, 2.24) is 4.90 Å². The van der Waals surface area contributed by atoms with Crippen molar-refractivity contribution in [2.24, 2.45) is 0 Å². The van der Waals surface area contributed by atoms with Crippen LogP contribution in [0.25, 0.3) is 0 Å². The van der Waals surface area contributed by atoms with E-state index in [9.17, 15) is 14.7 Å². The molecule has 4 rings (SSSR count). The number of aliphatic hydroxyl groups excluding tert-OH is 1. The van der Waals surface area contributed by atoms with E-state index in [-0.39, 0.29) is 31.4 Å². The predicted octanol–water partition coefficient (Wildman–Crippen LogP) is 3.35. The zero-order valence-corrected chi connectivity index (χ0v) is 20.3. The van der Waals surface area contributed by atoms with Crippen LogP contribution >= 0.6 is 0 Å². The maximum Gasteiger partial charge on any atom is 0.249 e. The fraction of sp³-hybridized carbons (Fsp3) is 0.286. The first-order chi connectivity index (χ1) is 17.5. The second kappa shape index (κ2) is 11.7. The van der Waals surface area contributed by atoms with Crippen LogP contribution in [0.15, 0.2) is 72.8 Å². The minimum atomic E-state index is -0.948. The Morgan fingerprint density at radius 3 is 2.14 bits per heavy atom. The summed E-state index contributed by atoms with van der Waals surface area (Å²) >= 11 is 0. The summed E-state index contributed by atoms with van der Waals surface area (Å²) < 4.78 is 15.8. The highest BCUT2D eigenvalue weighted by Gasteiger charge is 2.34. The van der Waals surface area contributed by atoms with Crippen molar-refractivity contribution >= 4 is 17.5 Å². The molecule has 1 aliphatic heterocycles. The van der Waals surface area contributed by atoms with Crippen molar-refractivity contribution in [2.75, 3.05) is 32.8 Å². The fourth-order valence-electron chi connectivity index (χ4n) is 4.14. The quantitative estimate of drug-likeness (QED) is 0.478. The molecular weight excluding hydrogens is 460 g/mol. The molecule has 188 valence electrons. The minimum Gasteiger partial charge on any atom is -0.497 e. The molecule has 2 amide bonds. The molecule has 0 aliphatic carbocycles. The average Bonchev–Trinajstić information content (AvgIpc) is 2.90. The highest BCUT2D eigenvalue weighted by atomic mass is 16.5. The smallest absolute Gasteiger partial charge is 0.249 e. The molecule has 0 bridgehead atoms. The molecule has 0 radical (unpaired) electrons. The number of benzene rings is 3. The number of carbonyl (C=O) groups is 2. The summed E-state index contributed by atoms with van der Waals surface area (Å²) in [5.74, 6) is 1.15. The third kappa shape index (κ3) is 6.21. The van der Waals surface area contributed by atoms with Crippen LogP contribution in [0.3, 0.4) is 0 Å². The zero-order valence-electron chi connectivity index (χ0n) is 20.3. The summed E-state index contributed by atoms with van der Waals surface area (Å²) in [6, 6.07) is 21.2. The molecule has 3 aromatic carbocycles. The second-order valence-corrected chi connectivity index (χ2v) is 8.59. The van der Waals surface area contributed by atoms with E-state index in [0.29, 0.717) is 17.8 Å². The van der Waals surface area contributed by atoms with E-state index in [0.717, 1.165) is 22.6 Å². The summed E-state index contributed by atoms with van der Waals surface area (Å²) in [6.45, 7) is 0.565. The summed E-state index contributed by atoms with van der Waals surface area (Å²) in [4.78, 5) is 26.7. The van der Waals surface area contributed by atoms with Gasteiger partial charge in [0, 0.05) is 12.2 Å². The maximum absolute atomic E-state index is 12.6. The van der Waals surface area contributed by atoms with Crippen molar-refractivity contribution < 1.29 is 28.9 Å². The lowest BCUT2D eigenvalue weighted by Crippen LogP contribution is -2.51. The summed E-state index contributed by atoms with van der Waals surface area (Å²) in [5, 5.41) is 14.0. The number of aliphatic hydroxyl groups is 1. The van der Waals surface area contributed by atoms with Crippen molar-refractivity contribution in [3.05, 3.63) is 89.5 Å². The molecule has 0 unspecified atom stereocenters. The molecule has 8 nitrogen and oxygen atoms in total. The molecule has 1 heterocycles. The lowest BCUT2D eigenvalue weighted by atomic mass is 9.99. The first-order valence-corrected chi connectivity index (χ1v) is 11.7. The van der Waals surface area contributed by atoms with Gasteiger partial charge in [0.2, 0.25) is 11.8 Å². The van der Waals surface area contributed by atoms with Gasteiger partial charge in [-0.2, -0.15) is 0 Å².